The van der Waals surface area contributed by atoms with Gasteiger partial charge in [-0.15, -0.1) is 0 Å². The van der Waals surface area contributed by atoms with Crippen molar-refractivity contribution in [1.29, 1.82) is 0 Å². The Labute approximate surface area is 145 Å². The monoisotopic (exact) mass is 334 g/mol. The van der Waals surface area contributed by atoms with Gasteiger partial charge in [-0.25, -0.2) is 0 Å². The number of rotatable bonds is 8. The van der Waals surface area contributed by atoms with Crippen LogP contribution in [-0.2, 0) is 4.74 Å². The van der Waals surface area contributed by atoms with Gasteiger partial charge in [0.05, 0.1) is 6.10 Å². The minimum atomic E-state index is -0.0654. The van der Waals surface area contributed by atoms with Crippen molar-refractivity contribution in [2.45, 2.75) is 32.8 Å². The first-order valence-electron chi connectivity index (χ1n) is 8.63. The molecule has 134 valence electrons. The highest BCUT2D eigenvalue weighted by Crippen LogP contribution is 2.18. The molecule has 1 unspecified atom stereocenters. The second kappa shape index (κ2) is 8.49. The van der Waals surface area contributed by atoms with Gasteiger partial charge in [-0.1, -0.05) is 19.9 Å². The summed E-state index contributed by atoms with van der Waals surface area (Å²) in [5.41, 5.74) is 0.646. The molecule has 0 radical (unpaired) electrons. The molecule has 0 bridgehead atoms. The van der Waals surface area contributed by atoms with E-state index < -0.39 is 0 Å². The number of benzene rings is 1. The Balaban J connectivity index is 1.86. The molecule has 1 aliphatic heterocycles. The summed E-state index contributed by atoms with van der Waals surface area (Å²) in [7, 11) is 4.08. The van der Waals surface area contributed by atoms with Crippen LogP contribution in [0.4, 0.5) is 0 Å². The lowest BCUT2D eigenvalue weighted by atomic mass is 9.93. The van der Waals surface area contributed by atoms with E-state index in [1.807, 2.05) is 32.3 Å². The van der Waals surface area contributed by atoms with Crippen molar-refractivity contribution in [3.05, 3.63) is 29.8 Å². The van der Waals surface area contributed by atoms with Crippen molar-refractivity contribution in [2.75, 3.05) is 40.4 Å². The molecule has 1 heterocycles. The molecule has 24 heavy (non-hydrogen) atoms. The molecule has 1 aliphatic rings. The fourth-order valence-electron chi connectivity index (χ4n) is 3.03. The van der Waals surface area contributed by atoms with Crippen molar-refractivity contribution >= 4 is 5.91 Å². The zero-order valence-corrected chi connectivity index (χ0v) is 15.3. The second-order valence-electron chi connectivity index (χ2n) is 7.56. The van der Waals surface area contributed by atoms with Crippen LogP contribution in [0.15, 0.2) is 24.3 Å². The number of hydrogen-bond donors (Lipinski definition) is 1. The van der Waals surface area contributed by atoms with Crippen LogP contribution >= 0.6 is 0 Å². The van der Waals surface area contributed by atoms with Crippen molar-refractivity contribution in [1.82, 2.24) is 10.2 Å². The molecule has 1 saturated heterocycles. The second-order valence-corrected chi connectivity index (χ2v) is 7.56. The standard InChI is InChI=1S/C19H30N2O3/c1-19(2,14-21(3)4)13-20-18(22)15-7-5-8-16(11-15)24-12-17-9-6-10-23-17/h5,7-8,11,17H,6,9-10,12-14H2,1-4H3,(H,20,22). The number of carbonyl (C=O) groups excluding carboxylic acids is 1. The molecule has 0 aliphatic carbocycles. The highest BCUT2D eigenvalue weighted by molar-refractivity contribution is 5.94. The maximum atomic E-state index is 12.4. The highest BCUT2D eigenvalue weighted by atomic mass is 16.5. The molecule has 0 spiro atoms. The Morgan fingerprint density at radius 2 is 2.21 bits per heavy atom. The van der Waals surface area contributed by atoms with Crippen LogP contribution in [-0.4, -0.2) is 57.3 Å². The molecule has 5 heteroatoms. The van der Waals surface area contributed by atoms with Gasteiger partial charge in [-0.2, -0.15) is 0 Å². The normalized spacial score (nSPS) is 18.0. The molecule has 1 atom stereocenters. The average Bonchev–Trinajstić information content (AvgIpc) is 3.03. The first kappa shape index (κ1) is 18.7. The van der Waals surface area contributed by atoms with Crippen LogP contribution in [0.1, 0.15) is 37.0 Å². The first-order valence-corrected chi connectivity index (χ1v) is 8.63. The van der Waals surface area contributed by atoms with Gasteiger partial charge in [-0.3, -0.25) is 4.79 Å². The first-order chi connectivity index (χ1) is 11.4. The van der Waals surface area contributed by atoms with Gasteiger partial charge in [0, 0.05) is 25.3 Å². The van der Waals surface area contributed by atoms with Gasteiger partial charge < -0.3 is 19.7 Å². The Morgan fingerprint density at radius 1 is 1.42 bits per heavy atom. The fraction of sp³-hybridized carbons (Fsp3) is 0.632. The van der Waals surface area contributed by atoms with E-state index in [1.165, 1.54) is 0 Å². The van der Waals surface area contributed by atoms with Crippen LogP contribution in [0, 0.1) is 5.41 Å². The van der Waals surface area contributed by atoms with E-state index in [1.54, 1.807) is 6.07 Å². The molecule has 1 amide bonds. The minimum absolute atomic E-state index is 0.0209. The lowest BCUT2D eigenvalue weighted by molar-refractivity contribution is 0.0679. The minimum Gasteiger partial charge on any atom is -0.491 e. The summed E-state index contributed by atoms with van der Waals surface area (Å²) in [6, 6.07) is 7.34. The molecule has 2 rings (SSSR count). The van der Waals surface area contributed by atoms with Crippen LogP contribution in [0.25, 0.3) is 0 Å². The predicted octanol–water partition coefficient (Wildman–Crippen LogP) is 2.56. The number of nitrogens with zero attached hydrogens (tertiary/aromatic N) is 1. The van der Waals surface area contributed by atoms with E-state index in [0.29, 0.717) is 24.5 Å². The summed E-state index contributed by atoms with van der Waals surface area (Å²) in [4.78, 5) is 14.5. The number of carbonyl (C=O) groups is 1. The van der Waals surface area contributed by atoms with Gasteiger partial charge in [0.15, 0.2) is 0 Å². The molecule has 1 N–H and O–H groups in total. The summed E-state index contributed by atoms with van der Waals surface area (Å²) in [5.74, 6) is 0.648. The van der Waals surface area contributed by atoms with Gasteiger partial charge in [-0.05, 0) is 50.6 Å². The van der Waals surface area contributed by atoms with E-state index in [2.05, 4.69) is 24.1 Å². The van der Waals surface area contributed by atoms with Crippen molar-refractivity contribution in [3.63, 3.8) is 0 Å². The van der Waals surface area contributed by atoms with Crippen molar-refractivity contribution in [3.8, 4) is 5.75 Å². The van der Waals surface area contributed by atoms with Gasteiger partial charge in [0.1, 0.15) is 12.4 Å². The van der Waals surface area contributed by atoms with Crippen LogP contribution in [0.2, 0.25) is 0 Å². The Hall–Kier alpha value is -1.59. The number of amides is 1. The van der Waals surface area contributed by atoms with Gasteiger partial charge in [0.25, 0.3) is 5.91 Å². The zero-order chi connectivity index (χ0) is 17.6. The third-order valence-electron chi connectivity index (χ3n) is 4.03. The van der Waals surface area contributed by atoms with Crippen LogP contribution < -0.4 is 10.1 Å². The largest absolute Gasteiger partial charge is 0.491 e. The quantitative estimate of drug-likeness (QED) is 0.794. The van der Waals surface area contributed by atoms with Crippen molar-refractivity contribution < 1.29 is 14.3 Å². The van der Waals surface area contributed by atoms with Crippen LogP contribution in [0.3, 0.4) is 0 Å². The van der Waals surface area contributed by atoms with E-state index in [0.717, 1.165) is 26.0 Å². The SMILES string of the molecule is CN(C)CC(C)(C)CNC(=O)c1cccc(OCC2CCCO2)c1. The fourth-order valence-corrected chi connectivity index (χ4v) is 3.03. The molecule has 5 nitrogen and oxygen atoms in total. The van der Waals surface area contributed by atoms with E-state index in [-0.39, 0.29) is 17.4 Å². The van der Waals surface area contributed by atoms with E-state index in [9.17, 15) is 4.79 Å². The molecular weight excluding hydrogens is 304 g/mol. The van der Waals surface area contributed by atoms with Gasteiger partial charge in [0.2, 0.25) is 0 Å². The highest BCUT2D eigenvalue weighted by Gasteiger charge is 2.20. The molecule has 0 aromatic heterocycles. The molecular formula is C19H30N2O3. The number of nitrogens with one attached hydrogen (secondary N) is 1. The molecule has 1 fully saturated rings. The predicted molar refractivity (Wildman–Crippen MR) is 95.6 cm³/mol. The van der Waals surface area contributed by atoms with E-state index in [4.69, 9.17) is 9.47 Å². The Bertz CT molecular complexity index is 537. The lowest BCUT2D eigenvalue weighted by Crippen LogP contribution is -2.39. The van der Waals surface area contributed by atoms with Crippen molar-refractivity contribution in [2.24, 2.45) is 5.41 Å². The van der Waals surface area contributed by atoms with Crippen LogP contribution in [0.5, 0.6) is 5.75 Å². The maximum Gasteiger partial charge on any atom is 0.251 e. The summed E-state index contributed by atoms with van der Waals surface area (Å²) >= 11 is 0. The molecule has 1 aromatic rings. The third-order valence-corrected chi connectivity index (χ3v) is 4.03. The lowest BCUT2D eigenvalue weighted by Gasteiger charge is -2.28. The smallest absolute Gasteiger partial charge is 0.251 e. The zero-order valence-electron chi connectivity index (χ0n) is 15.3. The maximum absolute atomic E-state index is 12.4. The number of ether oxygens (including phenoxy) is 2. The summed E-state index contributed by atoms with van der Waals surface area (Å²) in [5, 5.41) is 3.02. The third kappa shape index (κ3) is 6.13. The Morgan fingerprint density at radius 3 is 2.88 bits per heavy atom. The van der Waals surface area contributed by atoms with Gasteiger partial charge >= 0.3 is 0 Å². The summed E-state index contributed by atoms with van der Waals surface area (Å²) in [6.07, 6.45) is 2.31. The number of hydrogen-bond acceptors (Lipinski definition) is 4. The Kier molecular flexibility index (Phi) is 6.63. The summed E-state index contributed by atoms with van der Waals surface area (Å²) < 4.78 is 11.3. The summed E-state index contributed by atoms with van der Waals surface area (Å²) in [6.45, 7) is 7.20. The topological polar surface area (TPSA) is 50.8 Å². The van der Waals surface area contributed by atoms with E-state index >= 15 is 0 Å². The average molecular weight is 334 g/mol. The molecule has 0 saturated carbocycles. The molecule has 1 aromatic carbocycles.